The Balaban J connectivity index is 1.74. The van der Waals surface area contributed by atoms with Gasteiger partial charge >= 0.3 is 0 Å². The molecule has 0 bridgehead atoms. The second-order valence-corrected chi connectivity index (χ2v) is 4.51. The summed E-state index contributed by atoms with van der Waals surface area (Å²) in [5.41, 5.74) is 2.16. The van der Waals surface area contributed by atoms with Crippen LogP contribution < -0.4 is 4.74 Å². The number of aromatic nitrogens is 2. The zero-order chi connectivity index (χ0) is 12.4. The van der Waals surface area contributed by atoms with Gasteiger partial charge in [-0.2, -0.15) is 0 Å². The number of rotatable bonds is 3. The van der Waals surface area contributed by atoms with E-state index >= 15 is 0 Å². The molecule has 0 amide bonds. The third-order valence-electron chi connectivity index (χ3n) is 3.30. The predicted octanol–water partition coefficient (Wildman–Crippen LogP) is 2.94. The maximum atomic E-state index is 13.4. The van der Waals surface area contributed by atoms with Gasteiger partial charge in [0.05, 0.1) is 12.0 Å². The first-order chi connectivity index (χ1) is 8.84. The second-order valence-electron chi connectivity index (χ2n) is 4.51. The van der Waals surface area contributed by atoms with Gasteiger partial charge in [0.1, 0.15) is 6.61 Å². The summed E-state index contributed by atoms with van der Waals surface area (Å²) in [5.74, 6) is -0.0411. The normalized spacial score (nSPS) is 14.3. The van der Waals surface area contributed by atoms with Crippen LogP contribution in [-0.4, -0.2) is 9.55 Å². The Morgan fingerprint density at radius 2 is 2.17 bits per heavy atom. The molecule has 0 aliphatic carbocycles. The fraction of sp³-hybridized carbons (Fsp3) is 0.357. The molecule has 0 fully saturated rings. The lowest BCUT2D eigenvalue weighted by Crippen LogP contribution is -2.11. The van der Waals surface area contributed by atoms with Crippen LogP contribution in [0.5, 0.6) is 5.75 Å². The molecule has 0 N–H and O–H groups in total. The Kier molecular flexibility index (Phi) is 3.00. The lowest BCUT2D eigenvalue weighted by molar-refractivity contribution is 0.284. The fourth-order valence-electron chi connectivity index (χ4n) is 2.33. The number of para-hydroxylation sites is 1. The molecular weight excluding hydrogens is 231 g/mol. The molecular formula is C14H15FN2O. The highest BCUT2D eigenvalue weighted by Crippen LogP contribution is 2.21. The summed E-state index contributed by atoms with van der Waals surface area (Å²) in [6.45, 7) is 1.37. The molecule has 18 heavy (non-hydrogen) atoms. The van der Waals surface area contributed by atoms with Gasteiger partial charge in [-0.05, 0) is 31.4 Å². The van der Waals surface area contributed by atoms with E-state index in [0.717, 1.165) is 18.7 Å². The molecule has 0 spiro atoms. The van der Waals surface area contributed by atoms with E-state index in [1.165, 1.54) is 24.6 Å². The van der Waals surface area contributed by atoms with Crippen molar-refractivity contribution in [2.75, 3.05) is 0 Å². The average molecular weight is 246 g/mol. The standard InChI is InChI=1S/C14H15FN2O/c15-11-5-1-2-7-14(11)18-9-12-13-6-3-4-8-17(13)10-16-12/h1-2,5,7,10H,3-4,6,8-9H2. The van der Waals surface area contributed by atoms with Gasteiger partial charge in [-0.25, -0.2) is 9.37 Å². The number of nitrogens with zero attached hydrogens (tertiary/aromatic N) is 2. The summed E-state index contributed by atoms with van der Waals surface area (Å²) < 4.78 is 21.1. The lowest BCUT2D eigenvalue weighted by atomic mass is 10.1. The van der Waals surface area contributed by atoms with E-state index in [2.05, 4.69) is 9.55 Å². The van der Waals surface area contributed by atoms with E-state index in [0.29, 0.717) is 6.61 Å². The minimum Gasteiger partial charge on any atom is -0.484 e. The quantitative estimate of drug-likeness (QED) is 0.832. The molecule has 1 aliphatic rings. The third-order valence-corrected chi connectivity index (χ3v) is 3.30. The number of halogens is 1. The third kappa shape index (κ3) is 2.10. The van der Waals surface area contributed by atoms with Crippen molar-refractivity contribution < 1.29 is 9.13 Å². The van der Waals surface area contributed by atoms with Gasteiger partial charge in [-0.3, -0.25) is 0 Å². The number of fused-ring (bicyclic) bond motifs is 1. The highest BCUT2D eigenvalue weighted by Gasteiger charge is 2.15. The molecule has 1 aromatic heterocycles. The summed E-state index contributed by atoms with van der Waals surface area (Å²) in [6, 6.07) is 6.46. The summed E-state index contributed by atoms with van der Waals surface area (Å²) in [5, 5.41) is 0. The molecule has 4 heteroatoms. The van der Waals surface area contributed by atoms with Crippen molar-refractivity contribution in [3.05, 3.63) is 47.8 Å². The number of hydrogen-bond donors (Lipinski definition) is 0. The Labute approximate surface area is 105 Å². The molecule has 0 saturated heterocycles. The molecule has 2 heterocycles. The Morgan fingerprint density at radius 1 is 1.28 bits per heavy atom. The van der Waals surface area contributed by atoms with Crippen molar-refractivity contribution in [1.82, 2.24) is 9.55 Å². The number of ether oxygens (including phenoxy) is 1. The number of benzene rings is 1. The molecule has 0 atom stereocenters. The Bertz CT molecular complexity index is 550. The van der Waals surface area contributed by atoms with Gasteiger partial charge < -0.3 is 9.30 Å². The van der Waals surface area contributed by atoms with Crippen LogP contribution in [0.1, 0.15) is 24.2 Å². The van der Waals surface area contributed by atoms with E-state index < -0.39 is 0 Å². The molecule has 1 aliphatic heterocycles. The van der Waals surface area contributed by atoms with E-state index in [1.54, 1.807) is 18.2 Å². The zero-order valence-corrected chi connectivity index (χ0v) is 10.1. The lowest BCUT2D eigenvalue weighted by Gasteiger charge is -2.15. The van der Waals surface area contributed by atoms with Crippen molar-refractivity contribution in [3.63, 3.8) is 0 Å². The van der Waals surface area contributed by atoms with Gasteiger partial charge in [-0.15, -0.1) is 0 Å². The molecule has 94 valence electrons. The number of aryl methyl sites for hydroxylation is 1. The maximum Gasteiger partial charge on any atom is 0.165 e. The van der Waals surface area contributed by atoms with Gasteiger partial charge in [0.15, 0.2) is 11.6 Å². The van der Waals surface area contributed by atoms with Gasteiger partial charge in [0.2, 0.25) is 0 Å². The molecule has 3 nitrogen and oxygen atoms in total. The molecule has 0 unspecified atom stereocenters. The second kappa shape index (κ2) is 4.80. The number of imidazole rings is 1. The average Bonchev–Trinajstić information content (AvgIpc) is 2.81. The van der Waals surface area contributed by atoms with Crippen molar-refractivity contribution in [2.45, 2.75) is 32.4 Å². The highest BCUT2D eigenvalue weighted by atomic mass is 19.1. The largest absolute Gasteiger partial charge is 0.484 e. The van der Waals surface area contributed by atoms with Gasteiger partial charge in [0, 0.05) is 12.2 Å². The topological polar surface area (TPSA) is 27.1 Å². The zero-order valence-electron chi connectivity index (χ0n) is 10.1. The summed E-state index contributed by atoms with van der Waals surface area (Å²) in [7, 11) is 0. The molecule has 0 saturated carbocycles. The first-order valence-corrected chi connectivity index (χ1v) is 6.25. The Hall–Kier alpha value is -1.84. The fourth-order valence-corrected chi connectivity index (χ4v) is 2.33. The summed E-state index contributed by atoms with van der Waals surface area (Å²) in [4.78, 5) is 4.36. The van der Waals surface area contributed by atoms with Crippen molar-refractivity contribution >= 4 is 0 Å². The molecule has 1 aromatic carbocycles. The monoisotopic (exact) mass is 246 g/mol. The van der Waals surface area contributed by atoms with Crippen molar-refractivity contribution in [1.29, 1.82) is 0 Å². The smallest absolute Gasteiger partial charge is 0.165 e. The van der Waals surface area contributed by atoms with Crippen molar-refractivity contribution in [3.8, 4) is 5.75 Å². The van der Waals surface area contributed by atoms with Crippen LogP contribution in [0, 0.1) is 5.82 Å². The van der Waals surface area contributed by atoms with E-state index in [1.807, 2.05) is 6.33 Å². The van der Waals surface area contributed by atoms with Crippen LogP contribution in [-0.2, 0) is 19.6 Å². The molecule has 0 radical (unpaired) electrons. The van der Waals surface area contributed by atoms with Crippen LogP contribution in [0.15, 0.2) is 30.6 Å². The first-order valence-electron chi connectivity index (χ1n) is 6.25. The van der Waals surface area contributed by atoms with E-state index in [9.17, 15) is 4.39 Å². The van der Waals surface area contributed by atoms with Crippen LogP contribution in [0.3, 0.4) is 0 Å². The number of hydrogen-bond acceptors (Lipinski definition) is 2. The summed E-state index contributed by atoms with van der Waals surface area (Å²) in [6.07, 6.45) is 5.29. The molecule has 3 rings (SSSR count). The maximum absolute atomic E-state index is 13.4. The van der Waals surface area contributed by atoms with Gasteiger partial charge in [0.25, 0.3) is 0 Å². The van der Waals surface area contributed by atoms with Crippen LogP contribution in [0.2, 0.25) is 0 Å². The minimum atomic E-state index is -0.328. The summed E-state index contributed by atoms with van der Waals surface area (Å²) >= 11 is 0. The predicted molar refractivity (Wildman–Crippen MR) is 65.9 cm³/mol. The van der Waals surface area contributed by atoms with Crippen LogP contribution in [0.4, 0.5) is 4.39 Å². The van der Waals surface area contributed by atoms with Crippen LogP contribution >= 0.6 is 0 Å². The van der Waals surface area contributed by atoms with Gasteiger partial charge in [-0.1, -0.05) is 12.1 Å². The van der Waals surface area contributed by atoms with Crippen molar-refractivity contribution in [2.24, 2.45) is 0 Å². The van der Waals surface area contributed by atoms with E-state index in [4.69, 9.17) is 4.74 Å². The SMILES string of the molecule is Fc1ccccc1OCc1ncn2c1CCCC2. The molecule has 2 aromatic rings. The van der Waals surface area contributed by atoms with E-state index in [-0.39, 0.29) is 11.6 Å². The highest BCUT2D eigenvalue weighted by molar-refractivity contribution is 5.24. The Morgan fingerprint density at radius 3 is 3.06 bits per heavy atom. The first kappa shape index (κ1) is 11.3. The van der Waals surface area contributed by atoms with Crippen LogP contribution in [0.25, 0.3) is 0 Å². The minimum absolute atomic E-state index is 0.287.